The SMILES string of the molecule is CCSCCCn1c(=O)oc(=O)c2ccccc21. The van der Waals surface area contributed by atoms with Crippen LogP contribution in [0.2, 0.25) is 0 Å². The zero-order valence-electron chi connectivity index (χ0n) is 10.2. The molecule has 0 atom stereocenters. The molecule has 2 rings (SSSR count). The van der Waals surface area contributed by atoms with Crippen LogP contribution in [-0.4, -0.2) is 16.1 Å². The van der Waals surface area contributed by atoms with Crippen LogP contribution in [0, 0.1) is 0 Å². The maximum absolute atomic E-state index is 11.7. The molecule has 0 aliphatic heterocycles. The molecule has 4 nitrogen and oxygen atoms in total. The number of benzene rings is 1. The van der Waals surface area contributed by atoms with Crippen molar-refractivity contribution in [1.29, 1.82) is 0 Å². The van der Waals surface area contributed by atoms with Crippen LogP contribution in [0.25, 0.3) is 10.9 Å². The topological polar surface area (TPSA) is 52.2 Å². The Morgan fingerprint density at radius 2 is 2.06 bits per heavy atom. The van der Waals surface area contributed by atoms with Gasteiger partial charge in [0.15, 0.2) is 0 Å². The second kappa shape index (κ2) is 5.91. The predicted molar refractivity (Wildman–Crippen MR) is 74.4 cm³/mol. The van der Waals surface area contributed by atoms with Crippen molar-refractivity contribution in [1.82, 2.24) is 4.57 Å². The van der Waals surface area contributed by atoms with Crippen LogP contribution < -0.4 is 11.4 Å². The fourth-order valence-electron chi connectivity index (χ4n) is 1.85. The molecule has 5 heteroatoms. The average molecular weight is 265 g/mol. The first-order chi connectivity index (χ1) is 8.74. The van der Waals surface area contributed by atoms with Gasteiger partial charge in [0.05, 0.1) is 10.9 Å². The minimum absolute atomic E-state index is 0.459. The zero-order valence-corrected chi connectivity index (χ0v) is 11.0. The van der Waals surface area contributed by atoms with E-state index in [1.165, 1.54) is 4.57 Å². The molecule has 0 unspecified atom stereocenters. The number of para-hydroxylation sites is 1. The normalized spacial score (nSPS) is 10.9. The molecule has 0 saturated heterocycles. The molecule has 0 saturated carbocycles. The van der Waals surface area contributed by atoms with E-state index in [0.717, 1.165) is 17.9 Å². The van der Waals surface area contributed by atoms with Crippen molar-refractivity contribution in [3.05, 3.63) is 45.2 Å². The van der Waals surface area contributed by atoms with E-state index < -0.39 is 11.4 Å². The predicted octanol–water partition coefficient (Wildman–Crippen LogP) is 2.10. The second-order valence-electron chi connectivity index (χ2n) is 3.87. The van der Waals surface area contributed by atoms with E-state index in [4.69, 9.17) is 4.42 Å². The van der Waals surface area contributed by atoms with Crippen LogP contribution in [0.15, 0.2) is 38.3 Å². The first-order valence-corrected chi connectivity index (χ1v) is 7.10. The van der Waals surface area contributed by atoms with Gasteiger partial charge in [0.2, 0.25) is 0 Å². The van der Waals surface area contributed by atoms with Gasteiger partial charge in [-0.1, -0.05) is 19.1 Å². The van der Waals surface area contributed by atoms with E-state index in [-0.39, 0.29) is 0 Å². The largest absolute Gasteiger partial charge is 0.422 e. The smallest absolute Gasteiger partial charge is 0.372 e. The van der Waals surface area contributed by atoms with E-state index in [2.05, 4.69) is 6.92 Å². The lowest BCUT2D eigenvalue weighted by Crippen LogP contribution is -2.25. The number of aryl methyl sites for hydroxylation is 1. The monoisotopic (exact) mass is 265 g/mol. The lowest BCUT2D eigenvalue weighted by molar-refractivity contribution is 0.415. The zero-order chi connectivity index (χ0) is 13.0. The van der Waals surface area contributed by atoms with Gasteiger partial charge in [0, 0.05) is 6.54 Å². The summed E-state index contributed by atoms with van der Waals surface area (Å²) in [6, 6.07) is 7.04. The molecule has 1 heterocycles. The first kappa shape index (κ1) is 13.0. The molecule has 0 fully saturated rings. The van der Waals surface area contributed by atoms with E-state index in [1.54, 1.807) is 18.2 Å². The van der Waals surface area contributed by atoms with Crippen molar-refractivity contribution in [3.8, 4) is 0 Å². The van der Waals surface area contributed by atoms with E-state index in [9.17, 15) is 9.59 Å². The quantitative estimate of drug-likeness (QED) is 0.777. The summed E-state index contributed by atoms with van der Waals surface area (Å²) in [7, 11) is 0. The van der Waals surface area contributed by atoms with Crippen molar-refractivity contribution < 1.29 is 4.42 Å². The van der Waals surface area contributed by atoms with Gasteiger partial charge in [-0.05, 0) is 30.1 Å². The Morgan fingerprint density at radius 1 is 1.28 bits per heavy atom. The third kappa shape index (κ3) is 2.67. The van der Waals surface area contributed by atoms with E-state index in [1.807, 2.05) is 17.8 Å². The third-order valence-electron chi connectivity index (χ3n) is 2.69. The number of rotatable bonds is 5. The fourth-order valence-corrected chi connectivity index (χ4v) is 2.47. The lowest BCUT2D eigenvalue weighted by Gasteiger charge is -2.07. The average Bonchev–Trinajstić information content (AvgIpc) is 2.38. The summed E-state index contributed by atoms with van der Waals surface area (Å²) in [4.78, 5) is 23.3. The van der Waals surface area contributed by atoms with Crippen LogP contribution in [0.5, 0.6) is 0 Å². The molecule has 0 N–H and O–H groups in total. The first-order valence-electron chi connectivity index (χ1n) is 5.94. The minimum Gasteiger partial charge on any atom is -0.372 e. The number of nitrogens with zero attached hydrogens (tertiary/aromatic N) is 1. The molecule has 1 aromatic carbocycles. The standard InChI is InChI=1S/C13H15NO3S/c1-2-18-9-5-8-14-11-7-4-3-6-10(11)12(15)17-13(14)16/h3-4,6-7H,2,5,8-9H2,1H3. The van der Waals surface area contributed by atoms with Gasteiger partial charge >= 0.3 is 11.4 Å². The Balaban J connectivity index is 2.37. The second-order valence-corrected chi connectivity index (χ2v) is 5.27. The molecule has 0 spiro atoms. The Kier molecular flexibility index (Phi) is 4.25. The number of hydrogen-bond donors (Lipinski definition) is 0. The summed E-state index contributed by atoms with van der Waals surface area (Å²) in [6.07, 6.45) is 0.885. The van der Waals surface area contributed by atoms with E-state index >= 15 is 0 Å². The molecule has 18 heavy (non-hydrogen) atoms. The number of aromatic nitrogens is 1. The van der Waals surface area contributed by atoms with Crippen molar-refractivity contribution in [3.63, 3.8) is 0 Å². The highest BCUT2D eigenvalue weighted by molar-refractivity contribution is 7.99. The van der Waals surface area contributed by atoms with Crippen molar-refractivity contribution >= 4 is 22.7 Å². The van der Waals surface area contributed by atoms with Crippen LogP contribution in [0.1, 0.15) is 13.3 Å². The molecule has 96 valence electrons. The number of fused-ring (bicyclic) bond motifs is 1. The molecule has 2 aromatic rings. The Hall–Kier alpha value is -1.49. The summed E-state index contributed by atoms with van der Waals surface area (Å²) in [5.41, 5.74) is 0.0926. The molecule has 0 bridgehead atoms. The molecule has 0 aliphatic rings. The molecule has 1 aromatic heterocycles. The summed E-state index contributed by atoms with van der Waals surface area (Å²) in [6.45, 7) is 2.68. The highest BCUT2D eigenvalue weighted by Crippen LogP contribution is 2.09. The summed E-state index contributed by atoms with van der Waals surface area (Å²) in [5, 5.41) is 0.459. The van der Waals surface area contributed by atoms with Gasteiger partial charge in [0.25, 0.3) is 0 Å². The van der Waals surface area contributed by atoms with Crippen LogP contribution in [-0.2, 0) is 6.54 Å². The minimum atomic E-state index is -0.569. The molecular formula is C13H15NO3S. The summed E-state index contributed by atoms with van der Waals surface area (Å²) in [5.74, 6) is 1.50. The van der Waals surface area contributed by atoms with Crippen molar-refractivity contribution in [2.45, 2.75) is 19.9 Å². The lowest BCUT2D eigenvalue weighted by atomic mass is 10.2. The number of thioether (sulfide) groups is 1. The molecule has 0 radical (unpaired) electrons. The maximum Gasteiger partial charge on any atom is 0.422 e. The third-order valence-corrected chi connectivity index (χ3v) is 3.68. The van der Waals surface area contributed by atoms with Gasteiger partial charge in [-0.3, -0.25) is 4.57 Å². The highest BCUT2D eigenvalue weighted by Gasteiger charge is 2.07. The van der Waals surface area contributed by atoms with Gasteiger partial charge in [-0.25, -0.2) is 9.59 Å². The van der Waals surface area contributed by atoms with Gasteiger partial charge < -0.3 is 4.42 Å². The van der Waals surface area contributed by atoms with E-state index in [0.29, 0.717) is 17.4 Å². The Bertz CT molecular complexity index is 644. The fraction of sp³-hybridized carbons (Fsp3) is 0.385. The van der Waals surface area contributed by atoms with Crippen LogP contribution in [0.3, 0.4) is 0 Å². The molecule has 0 aliphatic carbocycles. The number of hydrogen-bond acceptors (Lipinski definition) is 4. The molecule has 0 amide bonds. The highest BCUT2D eigenvalue weighted by atomic mass is 32.2. The van der Waals surface area contributed by atoms with Gasteiger partial charge in [0.1, 0.15) is 0 Å². The van der Waals surface area contributed by atoms with Gasteiger partial charge in [-0.15, -0.1) is 0 Å². The molecular weight excluding hydrogens is 250 g/mol. The van der Waals surface area contributed by atoms with Crippen LogP contribution in [0.4, 0.5) is 0 Å². The van der Waals surface area contributed by atoms with Crippen molar-refractivity contribution in [2.24, 2.45) is 0 Å². The van der Waals surface area contributed by atoms with Crippen molar-refractivity contribution in [2.75, 3.05) is 11.5 Å². The summed E-state index contributed by atoms with van der Waals surface area (Å²) < 4.78 is 6.26. The van der Waals surface area contributed by atoms with Crippen LogP contribution >= 0.6 is 11.8 Å². The maximum atomic E-state index is 11.7. The Labute approximate surface area is 109 Å². The summed E-state index contributed by atoms with van der Waals surface area (Å²) >= 11 is 1.83. The van der Waals surface area contributed by atoms with Gasteiger partial charge in [-0.2, -0.15) is 11.8 Å². The Morgan fingerprint density at radius 3 is 2.83 bits per heavy atom.